The van der Waals surface area contributed by atoms with Crippen molar-refractivity contribution in [3.8, 4) is 11.5 Å². The van der Waals surface area contributed by atoms with Crippen molar-refractivity contribution >= 4 is 33.8 Å². The molecule has 1 aliphatic heterocycles. The summed E-state index contributed by atoms with van der Waals surface area (Å²) in [5, 5.41) is 2.54. The van der Waals surface area contributed by atoms with Gasteiger partial charge in [0.05, 0.1) is 11.9 Å². The molecule has 0 saturated heterocycles. The van der Waals surface area contributed by atoms with Crippen molar-refractivity contribution in [1.29, 1.82) is 0 Å². The number of hydrogen-bond acceptors (Lipinski definition) is 5. The Labute approximate surface area is 128 Å². The van der Waals surface area contributed by atoms with Gasteiger partial charge >= 0.3 is 0 Å². The van der Waals surface area contributed by atoms with E-state index in [4.69, 9.17) is 21.7 Å². The van der Waals surface area contributed by atoms with Gasteiger partial charge in [-0.15, -0.1) is 11.3 Å². The van der Waals surface area contributed by atoms with E-state index in [0.717, 1.165) is 16.1 Å². The lowest BCUT2D eigenvalue weighted by Gasteiger charge is -2.07. The molecule has 0 bridgehead atoms. The summed E-state index contributed by atoms with van der Waals surface area (Å²) in [4.78, 5) is 16.4. The molecular weight excluding hydrogens is 308 g/mol. The van der Waals surface area contributed by atoms with Gasteiger partial charge in [-0.1, -0.05) is 6.07 Å². The van der Waals surface area contributed by atoms with Crippen LogP contribution >= 0.6 is 23.6 Å². The Hall–Kier alpha value is -2.12. The van der Waals surface area contributed by atoms with Gasteiger partial charge in [0.2, 0.25) is 6.79 Å². The highest BCUT2D eigenvalue weighted by molar-refractivity contribution is 7.71. The van der Waals surface area contributed by atoms with Crippen molar-refractivity contribution in [2.24, 2.45) is 0 Å². The first-order valence-corrected chi connectivity index (χ1v) is 7.60. The second-order valence-corrected chi connectivity index (χ2v) is 5.98. The Morgan fingerprint density at radius 1 is 1.29 bits per heavy atom. The number of aromatic amines is 1. The minimum atomic E-state index is -0.0762. The number of thiophene rings is 1. The number of hydrogen-bond donors (Lipinski definition) is 1. The third-order valence-corrected chi connectivity index (χ3v) is 4.54. The lowest BCUT2D eigenvalue weighted by Crippen LogP contribution is -2.22. The van der Waals surface area contributed by atoms with E-state index in [-0.39, 0.29) is 12.4 Å². The summed E-state index contributed by atoms with van der Waals surface area (Å²) >= 11 is 6.76. The standard InChI is InChI=1S/C14H10N2O3S2/c17-13-9-3-4-21-12(9)15-14(20)16(13)6-8-1-2-10-11(5-8)19-7-18-10/h1-5H,6-7H2,(H,15,20). The normalized spacial score (nSPS) is 13.0. The van der Waals surface area contributed by atoms with Crippen molar-refractivity contribution in [3.63, 3.8) is 0 Å². The molecule has 21 heavy (non-hydrogen) atoms. The highest BCUT2D eigenvalue weighted by Crippen LogP contribution is 2.32. The minimum absolute atomic E-state index is 0.0762. The van der Waals surface area contributed by atoms with Crippen LogP contribution in [0.15, 0.2) is 34.4 Å². The first kappa shape index (κ1) is 12.6. The van der Waals surface area contributed by atoms with Crippen LogP contribution in [-0.2, 0) is 6.54 Å². The summed E-state index contributed by atoms with van der Waals surface area (Å²) in [6.45, 7) is 0.635. The number of nitrogens with one attached hydrogen (secondary N) is 1. The molecule has 7 heteroatoms. The van der Waals surface area contributed by atoms with Gasteiger partial charge in [-0.05, 0) is 41.4 Å². The van der Waals surface area contributed by atoms with Gasteiger partial charge < -0.3 is 14.5 Å². The summed E-state index contributed by atoms with van der Waals surface area (Å²) in [7, 11) is 0. The maximum absolute atomic E-state index is 12.5. The second kappa shape index (κ2) is 4.71. The fraction of sp³-hybridized carbons (Fsp3) is 0.143. The SMILES string of the molecule is O=c1c2ccsc2[nH]c(=S)n1Cc1ccc2c(c1)OCO2. The zero-order chi connectivity index (χ0) is 14.4. The van der Waals surface area contributed by atoms with Crippen LogP contribution in [0.5, 0.6) is 11.5 Å². The molecule has 0 spiro atoms. The number of nitrogens with zero attached hydrogens (tertiary/aromatic N) is 1. The van der Waals surface area contributed by atoms with Crippen LogP contribution in [-0.4, -0.2) is 16.3 Å². The van der Waals surface area contributed by atoms with Crippen molar-refractivity contribution in [3.05, 3.63) is 50.3 Å². The molecule has 5 nitrogen and oxygen atoms in total. The lowest BCUT2D eigenvalue weighted by atomic mass is 10.2. The van der Waals surface area contributed by atoms with Crippen molar-refractivity contribution in [2.75, 3.05) is 6.79 Å². The summed E-state index contributed by atoms with van der Waals surface area (Å²) in [6.07, 6.45) is 0. The van der Waals surface area contributed by atoms with Crippen LogP contribution in [0.25, 0.3) is 10.2 Å². The Bertz CT molecular complexity index is 955. The predicted molar refractivity (Wildman–Crippen MR) is 82.9 cm³/mol. The predicted octanol–water partition coefficient (Wildman–Crippen LogP) is 2.90. The van der Waals surface area contributed by atoms with Crippen LogP contribution in [0, 0.1) is 4.77 Å². The summed E-state index contributed by atoms with van der Waals surface area (Å²) in [6, 6.07) is 7.44. The topological polar surface area (TPSA) is 56.2 Å². The highest BCUT2D eigenvalue weighted by Gasteiger charge is 2.14. The molecule has 0 atom stereocenters. The Morgan fingerprint density at radius 2 is 2.14 bits per heavy atom. The van der Waals surface area contributed by atoms with E-state index in [1.54, 1.807) is 4.57 Å². The maximum atomic E-state index is 12.5. The molecule has 4 rings (SSSR count). The number of benzene rings is 1. The molecule has 0 fully saturated rings. The highest BCUT2D eigenvalue weighted by atomic mass is 32.1. The van der Waals surface area contributed by atoms with E-state index in [1.165, 1.54) is 11.3 Å². The molecule has 3 aromatic rings. The number of rotatable bonds is 2. The first-order valence-electron chi connectivity index (χ1n) is 6.31. The molecule has 0 aliphatic carbocycles. The number of ether oxygens (including phenoxy) is 2. The number of fused-ring (bicyclic) bond motifs is 2. The Kier molecular flexibility index (Phi) is 2.83. The third kappa shape index (κ3) is 2.05. The molecule has 0 amide bonds. The monoisotopic (exact) mass is 318 g/mol. The van der Waals surface area contributed by atoms with Crippen LogP contribution in [0.4, 0.5) is 0 Å². The van der Waals surface area contributed by atoms with Crippen LogP contribution in [0.3, 0.4) is 0 Å². The van der Waals surface area contributed by atoms with Gasteiger partial charge in [-0.25, -0.2) is 0 Å². The molecular formula is C14H10N2O3S2. The van der Waals surface area contributed by atoms with Gasteiger partial charge in [-0.2, -0.15) is 0 Å². The molecule has 1 N–H and O–H groups in total. The molecule has 1 aliphatic rings. The van der Waals surface area contributed by atoms with E-state index >= 15 is 0 Å². The fourth-order valence-electron chi connectivity index (χ4n) is 2.34. The molecule has 0 radical (unpaired) electrons. The van der Waals surface area contributed by atoms with Crippen molar-refractivity contribution in [2.45, 2.75) is 6.54 Å². The fourth-order valence-corrected chi connectivity index (χ4v) is 3.43. The van der Waals surface area contributed by atoms with E-state index < -0.39 is 0 Å². The van der Waals surface area contributed by atoms with Crippen LogP contribution < -0.4 is 15.0 Å². The van der Waals surface area contributed by atoms with E-state index in [0.29, 0.717) is 22.5 Å². The van der Waals surface area contributed by atoms with Gasteiger partial charge in [0.1, 0.15) is 4.83 Å². The Balaban J connectivity index is 1.81. The maximum Gasteiger partial charge on any atom is 0.263 e. The third-order valence-electron chi connectivity index (χ3n) is 3.38. The molecule has 0 saturated carbocycles. The molecule has 2 aromatic heterocycles. The average molecular weight is 318 g/mol. The molecule has 0 unspecified atom stereocenters. The summed E-state index contributed by atoms with van der Waals surface area (Å²) < 4.78 is 12.6. The summed E-state index contributed by atoms with van der Waals surface area (Å²) in [5.41, 5.74) is 0.864. The van der Waals surface area contributed by atoms with Gasteiger partial charge in [0.15, 0.2) is 16.3 Å². The number of H-pyrrole nitrogens is 1. The van der Waals surface area contributed by atoms with E-state index in [2.05, 4.69) is 4.98 Å². The zero-order valence-corrected chi connectivity index (χ0v) is 12.4. The van der Waals surface area contributed by atoms with E-state index in [9.17, 15) is 4.79 Å². The second-order valence-electron chi connectivity index (χ2n) is 4.67. The summed E-state index contributed by atoms with van der Waals surface area (Å²) in [5.74, 6) is 1.43. The molecule has 3 heterocycles. The lowest BCUT2D eigenvalue weighted by molar-refractivity contribution is 0.174. The molecule has 1 aromatic carbocycles. The minimum Gasteiger partial charge on any atom is -0.454 e. The Morgan fingerprint density at radius 3 is 3.05 bits per heavy atom. The molecule has 106 valence electrons. The van der Waals surface area contributed by atoms with Crippen LogP contribution in [0.2, 0.25) is 0 Å². The van der Waals surface area contributed by atoms with E-state index in [1.807, 2.05) is 29.6 Å². The van der Waals surface area contributed by atoms with Crippen LogP contribution in [0.1, 0.15) is 5.56 Å². The first-order chi connectivity index (χ1) is 10.2. The number of aromatic nitrogens is 2. The van der Waals surface area contributed by atoms with Gasteiger partial charge in [0, 0.05) is 0 Å². The largest absolute Gasteiger partial charge is 0.454 e. The van der Waals surface area contributed by atoms with Crippen molar-refractivity contribution in [1.82, 2.24) is 9.55 Å². The van der Waals surface area contributed by atoms with Gasteiger partial charge in [0.25, 0.3) is 5.56 Å². The zero-order valence-electron chi connectivity index (χ0n) is 10.8. The average Bonchev–Trinajstić information content (AvgIpc) is 3.11. The van der Waals surface area contributed by atoms with Crippen molar-refractivity contribution < 1.29 is 9.47 Å². The quantitative estimate of drug-likeness (QED) is 0.738. The van der Waals surface area contributed by atoms with Gasteiger partial charge in [-0.3, -0.25) is 9.36 Å². The smallest absolute Gasteiger partial charge is 0.263 e.